The predicted octanol–water partition coefficient (Wildman–Crippen LogP) is 1.75. The molecule has 1 saturated heterocycles. The molecule has 0 spiro atoms. The Labute approximate surface area is 211 Å². The second-order valence-electron chi connectivity index (χ2n) is 8.41. The topological polar surface area (TPSA) is 112 Å². The van der Waals surface area contributed by atoms with Gasteiger partial charge in [0.25, 0.3) is 0 Å². The van der Waals surface area contributed by atoms with E-state index in [2.05, 4.69) is 5.32 Å². The number of anilines is 1. The first kappa shape index (κ1) is 28.5. The van der Waals surface area contributed by atoms with Crippen LogP contribution in [0.1, 0.15) is 6.92 Å². The second kappa shape index (κ2) is 14.0. The van der Waals surface area contributed by atoms with Gasteiger partial charge in [-0.3, -0.25) is 4.79 Å². The molecule has 1 fully saturated rings. The molecule has 1 amide bonds. The van der Waals surface area contributed by atoms with Crippen LogP contribution in [-0.4, -0.2) is 104 Å². The van der Waals surface area contributed by atoms with Crippen molar-refractivity contribution in [3.05, 3.63) is 36.4 Å². The fourth-order valence-corrected chi connectivity index (χ4v) is 4.31. The molecule has 0 aromatic heterocycles. The van der Waals surface area contributed by atoms with E-state index in [-0.39, 0.29) is 12.5 Å². The smallest absolute Gasteiger partial charge is 0.221 e. The first-order chi connectivity index (χ1) is 17.4. The van der Waals surface area contributed by atoms with Crippen molar-refractivity contribution < 1.29 is 47.4 Å². The van der Waals surface area contributed by atoms with Gasteiger partial charge in [-0.25, -0.2) is 0 Å². The molecule has 1 aromatic rings. The maximum Gasteiger partial charge on any atom is 0.221 e. The van der Waals surface area contributed by atoms with Gasteiger partial charge < -0.3 is 47.9 Å². The van der Waals surface area contributed by atoms with Gasteiger partial charge in [-0.05, 0) is 30.3 Å². The lowest BCUT2D eigenvalue weighted by molar-refractivity contribution is -0.328. The SMILES string of the molecule is COCC1OC(Oc2ccc(NC(C)=O)cc2)C=CC1OC1OC(COC)C(OC)C(OC)C1OC. The predicted molar refractivity (Wildman–Crippen MR) is 129 cm³/mol. The number of benzene rings is 1. The quantitative estimate of drug-likeness (QED) is 0.417. The van der Waals surface area contributed by atoms with Gasteiger partial charge in [0.2, 0.25) is 12.2 Å². The molecular weight excluding hydrogens is 474 g/mol. The highest BCUT2D eigenvalue weighted by Crippen LogP contribution is 2.31. The Morgan fingerprint density at radius 2 is 1.47 bits per heavy atom. The molecule has 202 valence electrons. The third-order valence-electron chi connectivity index (χ3n) is 5.92. The van der Waals surface area contributed by atoms with Crippen LogP contribution in [0.5, 0.6) is 5.75 Å². The fraction of sp³-hybridized carbons (Fsp3) is 0.640. The Balaban J connectivity index is 1.71. The van der Waals surface area contributed by atoms with Crippen molar-refractivity contribution in [3.8, 4) is 5.75 Å². The minimum atomic E-state index is -0.775. The van der Waals surface area contributed by atoms with E-state index in [1.807, 2.05) is 6.08 Å². The third kappa shape index (κ3) is 7.24. The summed E-state index contributed by atoms with van der Waals surface area (Å²) in [5, 5.41) is 2.72. The average Bonchev–Trinajstić information content (AvgIpc) is 2.86. The number of hydrogen-bond acceptors (Lipinski definition) is 10. The Morgan fingerprint density at radius 3 is 2.06 bits per heavy atom. The van der Waals surface area contributed by atoms with E-state index in [1.165, 1.54) is 6.92 Å². The number of hydrogen-bond donors (Lipinski definition) is 1. The molecule has 0 saturated carbocycles. The lowest BCUT2D eigenvalue weighted by atomic mass is 9.98. The summed E-state index contributed by atoms with van der Waals surface area (Å²) < 4.78 is 52.3. The summed E-state index contributed by atoms with van der Waals surface area (Å²) >= 11 is 0. The monoisotopic (exact) mass is 511 g/mol. The number of ether oxygens (including phenoxy) is 9. The normalized spacial score (nSPS) is 32.3. The molecule has 11 heteroatoms. The first-order valence-corrected chi connectivity index (χ1v) is 11.7. The molecule has 11 nitrogen and oxygen atoms in total. The summed E-state index contributed by atoms with van der Waals surface area (Å²) in [6.45, 7) is 2.01. The molecule has 3 rings (SSSR count). The van der Waals surface area contributed by atoms with Crippen LogP contribution in [-0.2, 0) is 42.7 Å². The molecule has 2 aliphatic rings. The highest BCUT2D eigenvalue weighted by Gasteiger charge is 2.49. The summed E-state index contributed by atoms with van der Waals surface area (Å²) in [7, 11) is 7.94. The zero-order valence-electron chi connectivity index (χ0n) is 21.6. The standard InChI is InChI=1S/C25H37NO10/c1-15(27)26-16-7-9-17(10-8-16)33-21-12-11-18(19(34-21)13-28-2)35-25-24(32-6)23(31-5)22(30-4)20(36-25)14-29-3/h7-12,18-25H,13-14H2,1-6H3,(H,26,27). The highest BCUT2D eigenvalue weighted by molar-refractivity contribution is 5.88. The molecule has 1 aromatic carbocycles. The summed E-state index contributed by atoms with van der Waals surface area (Å²) in [5.74, 6) is 0.441. The molecule has 2 aliphatic heterocycles. The van der Waals surface area contributed by atoms with E-state index in [9.17, 15) is 4.79 Å². The van der Waals surface area contributed by atoms with Crippen molar-refractivity contribution in [3.63, 3.8) is 0 Å². The van der Waals surface area contributed by atoms with Gasteiger partial charge in [0, 0.05) is 48.2 Å². The molecule has 0 bridgehead atoms. The Kier molecular flexibility index (Phi) is 11.1. The van der Waals surface area contributed by atoms with Gasteiger partial charge in [0.05, 0.1) is 13.2 Å². The van der Waals surface area contributed by atoms with Crippen LogP contribution in [0.15, 0.2) is 36.4 Å². The summed E-state index contributed by atoms with van der Waals surface area (Å²) in [6, 6.07) is 7.01. The molecule has 0 aliphatic carbocycles. The van der Waals surface area contributed by atoms with Crippen LogP contribution in [0.4, 0.5) is 5.69 Å². The summed E-state index contributed by atoms with van der Waals surface area (Å²) in [6.07, 6.45) is -0.617. The minimum Gasteiger partial charge on any atom is -0.461 e. The number of carbonyl (C=O) groups excluding carboxylic acids is 1. The van der Waals surface area contributed by atoms with Gasteiger partial charge >= 0.3 is 0 Å². The lowest BCUT2D eigenvalue weighted by Crippen LogP contribution is -2.62. The number of nitrogens with one attached hydrogen (secondary N) is 1. The van der Waals surface area contributed by atoms with Crippen LogP contribution in [0.3, 0.4) is 0 Å². The molecule has 8 atom stereocenters. The first-order valence-electron chi connectivity index (χ1n) is 11.7. The van der Waals surface area contributed by atoms with E-state index in [0.29, 0.717) is 18.0 Å². The van der Waals surface area contributed by atoms with E-state index in [1.54, 1.807) is 65.9 Å². The highest BCUT2D eigenvalue weighted by atomic mass is 16.7. The van der Waals surface area contributed by atoms with Crippen molar-refractivity contribution in [2.45, 2.75) is 56.1 Å². The van der Waals surface area contributed by atoms with Crippen LogP contribution < -0.4 is 10.1 Å². The molecular formula is C25H37NO10. The molecule has 36 heavy (non-hydrogen) atoms. The number of carbonyl (C=O) groups is 1. The van der Waals surface area contributed by atoms with Gasteiger partial charge in [0.15, 0.2) is 6.29 Å². The van der Waals surface area contributed by atoms with E-state index >= 15 is 0 Å². The van der Waals surface area contributed by atoms with Crippen LogP contribution >= 0.6 is 0 Å². The number of methoxy groups -OCH3 is 5. The van der Waals surface area contributed by atoms with Crippen molar-refractivity contribution in [2.24, 2.45) is 0 Å². The largest absolute Gasteiger partial charge is 0.461 e. The van der Waals surface area contributed by atoms with E-state index in [0.717, 1.165) is 0 Å². The second-order valence-corrected chi connectivity index (χ2v) is 8.41. The summed E-state index contributed by atoms with van der Waals surface area (Å²) in [5.41, 5.74) is 0.678. The van der Waals surface area contributed by atoms with Crippen molar-refractivity contribution >= 4 is 11.6 Å². The van der Waals surface area contributed by atoms with Gasteiger partial charge in [-0.2, -0.15) is 0 Å². The third-order valence-corrected chi connectivity index (χ3v) is 5.92. The van der Waals surface area contributed by atoms with Crippen molar-refractivity contribution in [1.82, 2.24) is 0 Å². The van der Waals surface area contributed by atoms with Crippen LogP contribution in [0.2, 0.25) is 0 Å². The van der Waals surface area contributed by atoms with Crippen LogP contribution in [0, 0.1) is 0 Å². The Morgan fingerprint density at radius 1 is 0.833 bits per heavy atom. The van der Waals surface area contributed by atoms with E-state index in [4.69, 9.17) is 42.6 Å². The fourth-order valence-electron chi connectivity index (χ4n) is 4.31. The Bertz CT molecular complexity index is 835. The number of rotatable bonds is 12. The van der Waals surface area contributed by atoms with Crippen molar-refractivity contribution in [1.29, 1.82) is 0 Å². The lowest BCUT2D eigenvalue weighted by Gasteiger charge is -2.45. The van der Waals surface area contributed by atoms with Gasteiger partial charge in [-0.1, -0.05) is 6.08 Å². The molecule has 0 radical (unpaired) electrons. The number of amides is 1. The minimum absolute atomic E-state index is 0.142. The molecule has 2 heterocycles. The van der Waals surface area contributed by atoms with E-state index < -0.39 is 49.2 Å². The zero-order valence-corrected chi connectivity index (χ0v) is 21.6. The van der Waals surface area contributed by atoms with Gasteiger partial charge in [0.1, 0.15) is 42.4 Å². The van der Waals surface area contributed by atoms with Crippen LogP contribution in [0.25, 0.3) is 0 Å². The zero-order chi connectivity index (χ0) is 26.1. The summed E-state index contributed by atoms with van der Waals surface area (Å²) in [4.78, 5) is 11.2. The van der Waals surface area contributed by atoms with Gasteiger partial charge in [-0.15, -0.1) is 0 Å². The maximum absolute atomic E-state index is 11.2. The van der Waals surface area contributed by atoms with Crippen molar-refractivity contribution in [2.75, 3.05) is 54.1 Å². The molecule has 8 unspecified atom stereocenters. The maximum atomic E-state index is 11.2. The molecule has 1 N–H and O–H groups in total. The average molecular weight is 512 g/mol. The Hall–Kier alpha value is -2.09.